The van der Waals surface area contributed by atoms with Crippen LogP contribution in [0, 0.1) is 0 Å². The Balaban J connectivity index is 1.70. The van der Waals surface area contributed by atoms with E-state index in [1.54, 1.807) is 42.6 Å². The topological polar surface area (TPSA) is 68.7 Å². The molecule has 24 heavy (non-hydrogen) atoms. The van der Waals surface area contributed by atoms with Gasteiger partial charge in [-0.1, -0.05) is 23.7 Å². The summed E-state index contributed by atoms with van der Waals surface area (Å²) < 4.78 is 37.9. The summed E-state index contributed by atoms with van der Waals surface area (Å²) in [6.07, 6.45) is 1.30. The van der Waals surface area contributed by atoms with Gasteiger partial charge < -0.3 is 9.47 Å². The van der Waals surface area contributed by atoms with Gasteiger partial charge in [0.1, 0.15) is 21.8 Å². The molecule has 0 saturated carbocycles. The minimum atomic E-state index is -3.62. The third-order valence-corrected chi connectivity index (χ3v) is 5.74. The first kappa shape index (κ1) is 17.0. The van der Waals surface area contributed by atoms with Gasteiger partial charge in [-0.25, -0.2) is 13.4 Å². The highest BCUT2D eigenvalue weighted by Crippen LogP contribution is 2.31. The summed E-state index contributed by atoms with van der Waals surface area (Å²) >= 11 is 5.99. The maximum absolute atomic E-state index is 12.7. The molecule has 0 unspecified atom stereocenters. The van der Waals surface area contributed by atoms with Gasteiger partial charge >= 0.3 is 0 Å². The fraction of sp³-hybridized carbons (Fsp3) is 0.312. The number of nitrogens with zero attached hydrogens (tertiary/aromatic N) is 2. The molecule has 8 heteroatoms. The second-order valence-corrected chi connectivity index (χ2v) is 7.55. The number of benzene rings is 1. The van der Waals surface area contributed by atoms with Crippen molar-refractivity contribution in [1.82, 2.24) is 9.29 Å². The van der Waals surface area contributed by atoms with E-state index in [-0.39, 0.29) is 24.1 Å². The Labute approximate surface area is 146 Å². The number of aromatic nitrogens is 1. The third kappa shape index (κ3) is 3.33. The molecule has 2 aromatic rings. The maximum atomic E-state index is 12.7. The number of ether oxygens (including phenoxy) is 2. The molecule has 6 nitrogen and oxygen atoms in total. The zero-order valence-electron chi connectivity index (χ0n) is 13.1. The smallest absolute Gasteiger partial charge is 0.247 e. The van der Waals surface area contributed by atoms with Gasteiger partial charge in [-0.3, -0.25) is 0 Å². The number of hydrogen-bond donors (Lipinski definition) is 0. The molecule has 128 valence electrons. The van der Waals surface area contributed by atoms with E-state index in [2.05, 4.69) is 4.98 Å². The van der Waals surface area contributed by atoms with Gasteiger partial charge in [-0.15, -0.1) is 0 Å². The first-order valence-corrected chi connectivity index (χ1v) is 9.33. The lowest BCUT2D eigenvalue weighted by Crippen LogP contribution is -2.56. The van der Waals surface area contributed by atoms with Crippen molar-refractivity contribution in [2.45, 2.75) is 17.9 Å². The van der Waals surface area contributed by atoms with Crippen LogP contribution in [-0.2, 0) is 10.0 Å². The zero-order valence-corrected chi connectivity index (χ0v) is 14.6. The molecular weight excluding hydrogens is 352 g/mol. The number of halogens is 1. The van der Waals surface area contributed by atoms with Crippen molar-refractivity contribution in [1.29, 1.82) is 0 Å². The van der Waals surface area contributed by atoms with Crippen LogP contribution < -0.4 is 9.47 Å². The second-order valence-electron chi connectivity index (χ2n) is 5.23. The standard InChI is InChI=1S/C16H17ClN2O4S/c1-2-22-14-7-3-4-8-15(14)24(20,21)19-10-12(11-19)23-16-13(17)6-5-9-18-16/h3-9,12H,2,10-11H2,1H3. The average Bonchev–Trinajstić information content (AvgIpc) is 2.52. The molecule has 0 bridgehead atoms. The Morgan fingerprint density at radius 2 is 2.00 bits per heavy atom. The number of pyridine rings is 1. The average molecular weight is 369 g/mol. The normalized spacial score (nSPS) is 15.8. The summed E-state index contributed by atoms with van der Waals surface area (Å²) in [6, 6.07) is 10.0. The molecule has 0 N–H and O–H groups in total. The van der Waals surface area contributed by atoms with E-state index in [1.165, 1.54) is 4.31 Å². The molecule has 1 fully saturated rings. The Hall–Kier alpha value is -1.83. The van der Waals surface area contributed by atoms with Crippen LogP contribution in [0.25, 0.3) is 0 Å². The molecule has 2 heterocycles. The summed E-state index contributed by atoms with van der Waals surface area (Å²) in [7, 11) is -3.62. The van der Waals surface area contributed by atoms with Crippen LogP contribution in [0.1, 0.15) is 6.92 Å². The lowest BCUT2D eigenvalue weighted by atomic mass is 10.2. The molecule has 1 aliphatic heterocycles. The SMILES string of the molecule is CCOc1ccccc1S(=O)(=O)N1CC(Oc2ncccc2Cl)C1. The summed E-state index contributed by atoms with van der Waals surface area (Å²) in [5.41, 5.74) is 0. The number of hydrogen-bond acceptors (Lipinski definition) is 5. The first-order chi connectivity index (χ1) is 11.5. The molecule has 0 amide bonds. The second kappa shape index (κ2) is 6.96. The fourth-order valence-electron chi connectivity index (χ4n) is 2.36. The largest absolute Gasteiger partial charge is 0.492 e. The molecule has 1 saturated heterocycles. The van der Waals surface area contributed by atoms with E-state index < -0.39 is 10.0 Å². The van der Waals surface area contributed by atoms with E-state index >= 15 is 0 Å². The number of sulfonamides is 1. The van der Waals surface area contributed by atoms with E-state index in [4.69, 9.17) is 21.1 Å². The lowest BCUT2D eigenvalue weighted by Gasteiger charge is -2.37. The summed E-state index contributed by atoms with van der Waals surface area (Å²) in [4.78, 5) is 4.21. The summed E-state index contributed by atoms with van der Waals surface area (Å²) in [5, 5.41) is 0.403. The molecule has 0 atom stereocenters. The lowest BCUT2D eigenvalue weighted by molar-refractivity contribution is 0.0720. The summed E-state index contributed by atoms with van der Waals surface area (Å²) in [5.74, 6) is 0.674. The van der Waals surface area contributed by atoms with Crippen molar-refractivity contribution < 1.29 is 17.9 Å². The van der Waals surface area contributed by atoms with Gasteiger partial charge in [0.05, 0.1) is 19.7 Å². The van der Waals surface area contributed by atoms with Crippen molar-refractivity contribution >= 4 is 21.6 Å². The van der Waals surface area contributed by atoms with Crippen LogP contribution in [0.2, 0.25) is 5.02 Å². The highest BCUT2D eigenvalue weighted by atomic mass is 35.5. The molecule has 1 aromatic carbocycles. The monoisotopic (exact) mass is 368 g/mol. The van der Waals surface area contributed by atoms with Crippen LogP contribution in [-0.4, -0.2) is 43.5 Å². The van der Waals surface area contributed by atoms with Gasteiger partial charge in [0.2, 0.25) is 15.9 Å². The quantitative estimate of drug-likeness (QED) is 0.783. The van der Waals surface area contributed by atoms with Crippen molar-refractivity contribution in [3.05, 3.63) is 47.6 Å². The van der Waals surface area contributed by atoms with Crippen LogP contribution >= 0.6 is 11.6 Å². The van der Waals surface area contributed by atoms with Crippen LogP contribution in [0.3, 0.4) is 0 Å². The molecule has 1 aliphatic rings. The highest BCUT2D eigenvalue weighted by molar-refractivity contribution is 7.89. The van der Waals surface area contributed by atoms with Crippen molar-refractivity contribution in [2.24, 2.45) is 0 Å². The highest BCUT2D eigenvalue weighted by Gasteiger charge is 2.39. The van der Waals surface area contributed by atoms with Gasteiger partial charge in [-0.2, -0.15) is 4.31 Å². The van der Waals surface area contributed by atoms with E-state index in [1.807, 2.05) is 6.92 Å². The molecule has 0 aliphatic carbocycles. The zero-order chi connectivity index (χ0) is 17.2. The van der Waals surface area contributed by atoms with Gasteiger partial charge in [0.25, 0.3) is 0 Å². The minimum absolute atomic E-state index is 0.168. The van der Waals surface area contributed by atoms with Crippen molar-refractivity contribution in [3.63, 3.8) is 0 Å². The predicted molar refractivity (Wildman–Crippen MR) is 90.0 cm³/mol. The maximum Gasteiger partial charge on any atom is 0.247 e. The van der Waals surface area contributed by atoms with E-state index in [0.29, 0.717) is 23.3 Å². The molecule has 1 aromatic heterocycles. The third-order valence-electron chi connectivity index (χ3n) is 3.58. The Kier molecular flexibility index (Phi) is 4.93. The van der Waals surface area contributed by atoms with Crippen LogP contribution in [0.15, 0.2) is 47.5 Å². The number of para-hydroxylation sites is 1. The van der Waals surface area contributed by atoms with Crippen molar-refractivity contribution in [2.75, 3.05) is 19.7 Å². The number of rotatable bonds is 6. The molecule has 0 spiro atoms. The van der Waals surface area contributed by atoms with Crippen LogP contribution in [0.5, 0.6) is 11.6 Å². The van der Waals surface area contributed by atoms with Gasteiger partial charge in [0.15, 0.2) is 0 Å². The van der Waals surface area contributed by atoms with Gasteiger partial charge in [0, 0.05) is 6.20 Å². The Bertz CT molecular complexity index is 822. The van der Waals surface area contributed by atoms with Gasteiger partial charge in [-0.05, 0) is 31.2 Å². The molecule has 0 radical (unpaired) electrons. The molecule has 3 rings (SSSR count). The van der Waals surface area contributed by atoms with Crippen molar-refractivity contribution in [3.8, 4) is 11.6 Å². The van der Waals surface area contributed by atoms with Crippen LogP contribution in [0.4, 0.5) is 0 Å². The van der Waals surface area contributed by atoms with E-state index in [9.17, 15) is 8.42 Å². The fourth-order valence-corrected chi connectivity index (χ4v) is 4.17. The minimum Gasteiger partial charge on any atom is -0.492 e. The predicted octanol–water partition coefficient (Wildman–Crippen LogP) is 2.59. The summed E-state index contributed by atoms with van der Waals surface area (Å²) in [6.45, 7) is 2.70. The Morgan fingerprint density at radius 1 is 1.25 bits per heavy atom. The molecular formula is C16H17ClN2O4S. The van der Waals surface area contributed by atoms with E-state index in [0.717, 1.165) is 0 Å². The first-order valence-electron chi connectivity index (χ1n) is 7.51. The Morgan fingerprint density at radius 3 is 2.71 bits per heavy atom.